The van der Waals surface area contributed by atoms with E-state index < -0.39 is 0 Å². The van der Waals surface area contributed by atoms with Gasteiger partial charge in [-0.1, -0.05) is 18.4 Å². The first-order valence-electron chi connectivity index (χ1n) is 6.66. The molecule has 0 aliphatic carbocycles. The molecule has 1 fully saturated rings. The third kappa shape index (κ3) is 7.02. The SMILES string of the molecule is C=C(C)CCCCCCOC1CCCCO1. The Morgan fingerprint density at radius 3 is 2.75 bits per heavy atom. The van der Waals surface area contributed by atoms with Crippen molar-refractivity contribution in [2.24, 2.45) is 0 Å². The van der Waals surface area contributed by atoms with E-state index in [-0.39, 0.29) is 6.29 Å². The molecule has 1 aliphatic rings. The van der Waals surface area contributed by atoms with E-state index in [2.05, 4.69) is 13.5 Å². The normalized spacial score (nSPS) is 20.9. The third-order valence-electron chi connectivity index (χ3n) is 2.94. The fraction of sp³-hybridized carbons (Fsp3) is 0.857. The van der Waals surface area contributed by atoms with Gasteiger partial charge in [0.25, 0.3) is 0 Å². The summed E-state index contributed by atoms with van der Waals surface area (Å²) in [6.45, 7) is 7.75. The highest BCUT2D eigenvalue weighted by atomic mass is 16.7. The number of allylic oxidation sites excluding steroid dienone is 1. The highest BCUT2D eigenvalue weighted by Gasteiger charge is 2.13. The summed E-state index contributed by atoms with van der Waals surface area (Å²) in [6.07, 6.45) is 9.78. The van der Waals surface area contributed by atoms with Gasteiger partial charge in [0.05, 0.1) is 0 Å². The van der Waals surface area contributed by atoms with Crippen molar-refractivity contribution in [3.63, 3.8) is 0 Å². The van der Waals surface area contributed by atoms with Gasteiger partial charge in [0.1, 0.15) is 0 Å². The Morgan fingerprint density at radius 2 is 2.06 bits per heavy atom. The molecule has 0 aromatic heterocycles. The quantitative estimate of drug-likeness (QED) is 0.459. The summed E-state index contributed by atoms with van der Waals surface area (Å²) in [7, 11) is 0. The Balaban J connectivity index is 1.82. The molecule has 2 nitrogen and oxygen atoms in total. The smallest absolute Gasteiger partial charge is 0.157 e. The van der Waals surface area contributed by atoms with E-state index in [1.54, 1.807) is 0 Å². The van der Waals surface area contributed by atoms with E-state index in [0.717, 1.165) is 26.1 Å². The van der Waals surface area contributed by atoms with Crippen molar-refractivity contribution in [1.29, 1.82) is 0 Å². The van der Waals surface area contributed by atoms with Gasteiger partial charge in [-0.25, -0.2) is 0 Å². The van der Waals surface area contributed by atoms with E-state index in [0.29, 0.717) is 0 Å². The molecule has 1 heterocycles. The number of unbranched alkanes of at least 4 members (excludes halogenated alkanes) is 3. The highest BCUT2D eigenvalue weighted by Crippen LogP contribution is 2.14. The van der Waals surface area contributed by atoms with Crippen LogP contribution in [-0.2, 0) is 9.47 Å². The molecular weight excluding hydrogens is 200 g/mol. The van der Waals surface area contributed by atoms with Crippen molar-refractivity contribution in [2.75, 3.05) is 13.2 Å². The number of hydrogen-bond donors (Lipinski definition) is 0. The Bertz CT molecular complexity index is 183. The van der Waals surface area contributed by atoms with E-state index >= 15 is 0 Å². The summed E-state index contributed by atoms with van der Waals surface area (Å²) in [5.74, 6) is 0. The van der Waals surface area contributed by atoms with Crippen LogP contribution in [0.15, 0.2) is 12.2 Å². The van der Waals surface area contributed by atoms with Crippen molar-refractivity contribution in [3.8, 4) is 0 Å². The van der Waals surface area contributed by atoms with Crippen LogP contribution in [0.5, 0.6) is 0 Å². The Kier molecular flexibility index (Phi) is 7.52. The summed E-state index contributed by atoms with van der Waals surface area (Å²) in [6, 6.07) is 0. The molecule has 2 heteroatoms. The molecule has 16 heavy (non-hydrogen) atoms. The number of hydrogen-bond acceptors (Lipinski definition) is 2. The van der Waals surface area contributed by atoms with Crippen LogP contribution in [-0.4, -0.2) is 19.5 Å². The molecule has 0 aromatic carbocycles. The topological polar surface area (TPSA) is 18.5 Å². The molecule has 0 aromatic rings. The van der Waals surface area contributed by atoms with Gasteiger partial charge in [-0.15, -0.1) is 6.58 Å². The first-order chi connectivity index (χ1) is 7.79. The molecule has 0 spiro atoms. The molecule has 1 rings (SSSR count). The number of rotatable bonds is 8. The standard InChI is InChI=1S/C14H26O2/c1-13(2)9-5-3-4-7-11-15-14-10-6-8-12-16-14/h14H,1,3-12H2,2H3. The van der Waals surface area contributed by atoms with Gasteiger partial charge in [0.2, 0.25) is 0 Å². The molecule has 0 radical (unpaired) electrons. The molecule has 1 unspecified atom stereocenters. The minimum Gasteiger partial charge on any atom is -0.353 e. The van der Waals surface area contributed by atoms with Crippen LogP contribution in [0.25, 0.3) is 0 Å². The van der Waals surface area contributed by atoms with E-state index in [9.17, 15) is 0 Å². The predicted molar refractivity (Wildman–Crippen MR) is 67.4 cm³/mol. The molecule has 0 saturated carbocycles. The van der Waals surface area contributed by atoms with Gasteiger partial charge in [-0.05, 0) is 45.4 Å². The lowest BCUT2D eigenvalue weighted by molar-refractivity contribution is -0.162. The molecule has 1 saturated heterocycles. The van der Waals surface area contributed by atoms with Crippen molar-refractivity contribution < 1.29 is 9.47 Å². The first-order valence-corrected chi connectivity index (χ1v) is 6.66. The zero-order valence-corrected chi connectivity index (χ0v) is 10.7. The van der Waals surface area contributed by atoms with Gasteiger partial charge in [-0.3, -0.25) is 0 Å². The Hall–Kier alpha value is -0.340. The van der Waals surface area contributed by atoms with Crippen LogP contribution in [0.1, 0.15) is 58.3 Å². The van der Waals surface area contributed by atoms with Crippen LogP contribution in [0.3, 0.4) is 0 Å². The van der Waals surface area contributed by atoms with Gasteiger partial charge < -0.3 is 9.47 Å². The van der Waals surface area contributed by atoms with Crippen molar-refractivity contribution >= 4 is 0 Å². The maximum absolute atomic E-state index is 5.67. The minimum absolute atomic E-state index is 0.0872. The number of ether oxygens (including phenoxy) is 2. The molecule has 0 bridgehead atoms. The summed E-state index contributed by atoms with van der Waals surface area (Å²) < 4.78 is 11.2. The fourth-order valence-electron chi connectivity index (χ4n) is 1.94. The molecular formula is C14H26O2. The van der Waals surface area contributed by atoms with Crippen molar-refractivity contribution in [1.82, 2.24) is 0 Å². The lowest BCUT2D eigenvalue weighted by Crippen LogP contribution is -2.22. The summed E-state index contributed by atoms with van der Waals surface area (Å²) in [5.41, 5.74) is 1.30. The van der Waals surface area contributed by atoms with Crippen LogP contribution < -0.4 is 0 Å². The maximum Gasteiger partial charge on any atom is 0.157 e. The van der Waals surface area contributed by atoms with Crippen LogP contribution in [0.2, 0.25) is 0 Å². The zero-order valence-electron chi connectivity index (χ0n) is 10.7. The fourth-order valence-corrected chi connectivity index (χ4v) is 1.94. The van der Waals surface area contributed by atoms with E-state index in [1.807, 2.05) is 0 Å². The summed E-state index contributed by atoms with van der Waals surface area (Å²) >= 11 is 0. The first kappa shape index (κ1) is 13.7. The molecule has 0 amide bonds. The largest absolute Gasteiger partial charge is 0.353 e. The van der Waals surface area contributed by atoms with Crippen molar-refractivity contribution in [2.45, 2.75) is 64.6 Å². The summed E-state index contributed by atoms with van der Waals surface area (Å²) in [5, 5.41) is 0. The Labute approximate surface area is 100 Å². The van der Waals surface area contributed by atoms with E-state index in [4.69, 9.17) is 9.47 Å². The van der Waals surface area contributed by atoms with Crippen LogP contribution in [0.4, 0.5) is 0 Å². The van der Waals surface area contributed by atoms with Crippen LogP contribution >= 0.6 is 0 Å². The van der Waals surface area contributed by atoms with Gasteiger partial charge in [0, 0.05) is 13.2 Å². The second-order valence-electron chi connectivity index (χ2n) is 4.79. The second kappa shape index (κ2) is 8.77. The van der Waals surface area contributed by atoms with Gasteiger partial charge >= 0.3 is 0 Å². The average Bonchev–Trinajstić information content (AvgIpc) is 2.29. The lowest BCUT2D eigenvalue weighted by atomic mass is 10.1. The molecule has 0 N–H and O–H groups in total. The molecule has 94 valence electrons. The Morgan fingerprint density at radius 1 is 1.25 bits per heavy atom. The van der Waals surface area contributed by atoms with Gasteiger partial charge in [0.15, 0.2) is 6.29 Å². The maximum atomic E-state index is 5.67. The highest BCUT2D eigenvalue weighted by molar-refractivity contribution is 4.86. The summed E-state index contributed by atoms with van der Waals surface area (Å²) in [4.78, 5) is 0. The van der Waals surface area contributed by atoms with Crippen molar-refractivity contribution in [3.05, 3.63) is 12.2 Å². The third-order valence-corrected chi connectivity index (χ3v) is 2.94. The monoisotopic (exact) mass is 226 g/mol. The molecule has 1 atom stereocenters. The average molecular weight is 226 g/mol. The van der Waals surface area contributed by atoms with Gasteiger partial charge in [-0.2, -0.15) is 0 Å². The van der Waals surface area contributed by atoms with Crippen LogP contribution in [0, 0.1) is 0 Å². The second-order valence-corrected chi connectivity index (χ2v) is 4.79. The minimum atomic E-state index is 0.0872. The lowest BCUT2D eigenvalue weighted by Gasteiger charge is -2.22. The van der Waals surface area contributed by atoms with E-state index in [1.165, 1.54) is 44.1 Å². The molecule has 1 aliphatic heterocycles. The zero-order chi connectivity index (χ0) is 11.6. The predicted octanol–water partition coefficient (Wildman–Crippen LogP) is 4.06.